The van der Waals surface area contributed by atoms with Crippen molar-refractivity contribution in [2.45, 2.75) is 88.0 Å². The molecule has 0 heterocycles. The zero-order valence-corrected chi connectivity index (χ0v) is 33.5. The molecule has 0 saturated heterocycles. The first-order valence-corrected chi connectivity index (χ1v) is 22.5. The molecule has 0 aliphatic rings. The Labute approximate surface area is 291 Å². The molecule has 48 heavy (non-hydrogen) atoms. The first-order chi connectivity index (χ1) is 22.5. The van der Waals surface area contributed by atoms with Crippen molar-refractivity contribution in [3.8, 4) is 0 Å². The van der Waals surface area contributed by atoms with Crippen LogP contribution in [0.2, 0.25) is 0 Å². The molecule has 0 aromatic heterocycles. The zero-order chi connectivity index (χ0) is 35.3. The van der Waals surface area contributed by atoms with E-state index in [2.05, 4.69) is 132 Å². The van der Waals surface area contributed by atoms with Gasteiger partial charge in [-0.25, -0.2) is 0 Å². The minimum atomic E-state index is -4.24. The molecule has 5 rings (SSSR count). The molecule has 0 bridgehead atoms. The number of aryl methyl sites for hydroxylation is 12. The van der Waals surface area contributed by atoms with Crippen LogP contribution in [-0.2, 0) is 14.0 Å². The minimum absolute atomic E-state index is 0.183. The number of hydrogen-bond acceptors (Lipinski definition) is 3. The Hall–Kier alpha value is -3.56. The van der Waals surface area contributed by atoms with Gasteiger partial charge >= 0.3 is 0 Å². The maximum absolute atomic E-state index is 15.0. The summed E-state index contributed by atoms with van der Waals surface area (Å²) in [6.07, 6.45) is 0. The van der Waals surface area contributed by atoms with E-state index in [0.717, 1.165) is 43.8 Å². The van der Waals surface area contributed by atoms with Crippen molar-refractivity contribution in [2.24, 2.45) is 0 Å². The van der Waals surface area contributed by atoms with Crippen LogP contribution >= 0.6 is 0 Å². The second kappa shape index (κ2) is 13.4. The third kappa shape index (κ3) is 6.43. The maximum Gasteiger partial charge on any atom is 0.287 e. The standard InChI is InChI=1S/C42H49O3SSi2/c1-26-18-30(5)39(31(6)19-26)47(40-32(7)20-27(2)21-33(40)8)48(41-34(9)22-28(3)23-35(41)10,42-36(11)24-29(4)25-37(42)12)45-46(43,44)38-16-14-13-15-17-38/h13-25H,1-12H3. The summed E-state index contributed by atoms with van der Waals surface area (Å²) in [5.41, 5.74) is 13.7. The van der Waals surface area contributed by atoms with Crippen LogP contribution in [0.3, 0.4) is 0 Å². The number of rotatable bonds is 8. The molecule has 0 amide bonds. The lowest BCUT2D eigenvalue weighted by atomic mass is 10.1. The van der Waals surface area contributed by atoms with E-state index < -0.39 is 26.3 Å². The molecule has 0 spiro atoms. The van der Waals surface area contributed by atoms with Crippen LogP contribution in [-0.4, -0.2) is 24.6 Å². The fourth-order valence-electron chi connectivity index (χ4n) is 8.40. The second-order valence-electron chi connectivity index (χ2n) is 14.0. The highest BCUT2D eigenvalue weighted by molar-refractivity contribution is 7.89. The molecule has 6 heteroatoms. The smallest absolute Gasteiger partial charge is 0.287 e. The Morgan fingerprint density at radius 2 is 0.750 bits per heavy atom. The van der Waals surface area contributed by atoms with Gasteiger partial charge in [0.25, 0.3) is 18.0 Å². The topological polar surface area (TPSA) is 43.4 Å². The largest absolute Gasteiger partial charge is 0.303 e. The van der Waals surface area contributed by atoms with Crippen molar-refractivity contribution in [1.29, 1.82) is 0 Å². The maximum atomic E-state index is 15.0. The first kappa shape index (κ1) is 35.7. The van der Waals surface area contributed by atoms with Crippen molar-refractivity contribution in [2.75, 3.05) is 0 Å². The van der Waals surface area contributed by atoms with E-state index in [9.17, 15) is 0 Å². The fourth-order valence-corrected chi connectivity index (χ4v) is 27.8. The minimum Gasteiger partial charge on any atom is -0.303 e. The highest BCUT2D eigenvalue weighted by Gasteiger charge is 2.57. The van der Waals surface area contributed by atoms with Gasteiger partial charge in [-0.05, 0) is 138 Å². The van der Waals surface area contributed by atoms with Gasteiger partial charge in [-0.3, -0.25) is 0 Å². The highest BCUT2D eigenvalue weighted by atomic mass is 32.2. The predicted octanol–water partition coefficient (Wildman–Crippen LogP) is 7.24. The van der Waals surface area contributed by atoms with Gasteiger partial charge in [-0.2, -0.15) is 8.42 Å². The number of benzene rings is 5. The SMILES string of the molecule is Cc1cc(C)c([Si](c2c(C)cc(C)cc2C)[Si](OS(=O)(=O)c2ccccc2)(c2c(C)cc(C)cc2C)c2c(C)cc(C)cc2C)c(C)c1. The molecular weight excluding hydrogens is 641 g/mol. The quantitative estimate of drug-likeness (QED) is 0.162. The summed E-state index contributed by atoms with van der Waals surface area (Å²) in [6, 6.07) is 26.6. The lowest BCUT2D eigenvalue weighted by molar-refractivity contribution is 0.495. The Bertz CT molecular complexity index is 1940. The van der Waals surface area contributed by atoms with E-state index in [0.29, 0.717) is 0 Å². The fraction of sp³-hybridized carbons (Fsp3) is 0.286. The van der Waals surface area contributed by atoms with Gasteiger partial charge in [0, 0.05) is 0 Å². The van der Waals surface area contributed by atoms with Gasteiger partial charge in [0.05, 0.1) is 4.90 Å². The number of hydrogen-bond donors (Lipinski definition) is 0. The summed E-state index contributed by atoms with van der Waals surface area (Å²) < 4.78 is 37.4. The average Bonchev–Trinajstić information content (AvgIpc) is 2.94. The van der Waals surface area contributed by atoms with Gasteiger partial charge in [0.15, 0.2) is 8.31 Å². The van der Waals surface area contributed by atoms with Crippen LogP contribution in [0, 0.1) is 83.1 Å². The Balaban J connectivity index is 2.16. The van der Waals surface area contributed by atoms with Crippen molar-refractivity contribution < 1.29 is 12.3 Å². The average molecular weight is 690 g/mol. The predicted molar refractivity (Wildman–Crippen MR) is 207 cm³/mol. The molecule has 0 aliphatic heterocycles. The molecule has 0 aliphatic carbocycles. The zero-order valence-electron chi connectivity index (χ0n) is 30.6. The van der Waals surface area contributed by atoms with E-state index in [1.165, 1.54) is 43.8 Å². The van der Waals surface area contributed by atoms with Gasteiger partial charge in [0.1, 0.15) is 0 Å². The Kier molecular flexibility index (Phi) is 9.97. The molecule has 3 nitrogen and oxygen atoms in total. The molecule has 0 unspecified atom stereocenters. The Morgan fingerprint density at radius 1 is 0.458 bits per heavy atom. The van der Waals surface area contributed by atoms with Crippen LogP contribution in [0.15, 0.2) is 83.8 Å². The van der Waals surface area contributed by atoms with Crippen molar-refractivity contribution >= 4 is 47.0 Å². The van der Waals surface area contributed by atoms with Crippen molar-refractivity contribution in [1.82, 2.24) is 0 Å². The Morgan fingerprint density at radius 3 is 1.06 bits per heavy atom. The molecule has 0 atom stereocenters. The third-order valence-corrected chi connectivity index (χ3v) is 24.4. The third-order valence-electron chi connectivity index (χ3n) is 9.53. The molecule has 249 valence electrons. The van der Waals surface area contributed by atoms with E-state index in [1.807, 2.05) is 6.07 Å². The van der Waals surface area contributed by atoms with Crippen molar-refractivity contribution in [3.63, 3.8) is 0 Å². The molecule has 5 aromatic carbocycles. The lowest BCUT2D eigenvalue weighted by Crippen LogP contribution is -2.81. The molecule has 1 radical (unpaired) electrons. The highest BCUT2D eigenvalue weighted by Crippen LogP contribution is 2.29. The second-order valence-corrected chi connectivity index (χ2v) is 23.8. The van der Waals surface area contributed by atoms with Crippen LogP contribution in [0.25, 0.3) is 0 Å². The van der Waals surface area contributed by atoms with Gasteiger partial charge < -0.3 is 3.87 Å². The van der Waals surface area contributed by atoms with E-state index in [-0.39, 0.29) is 4.90 Å². The lowest BCUT2D eigenvalue weighted by Gasteiger charge is -2.43. The van der Waals surface area contributed by atoms with Crippen LogP contribution in [0.4, 0.5) is 0 Å². The molecule has 0 saturated carbocycles. The summed E-state index contributed by atoms with van der Waals surface area (Å²) in [5.74, 6) is 0. The van der Waals surface area contributed by atoms with Crippen molar-refractivity contribution in [3.05, 3.63) is 146 Å². The normalized spacial score (nSPS) is 12.2. The first-order valence-electron chi connectivity index (χ1n) is 16.7. The van der Waals surface area contributed by atoms with E-state index in [4.69, 9.17) is 3.87 Å². The molecule has 5 aromatic rings. The van der Waals surface area contributed by atoms with Crippen LogP contribution in [0.1, 0.15) is 66.8 Å². The summed E-state index contributed by atoms with van der Waals surface area (Å²) in [5, 5.41) is 4.62. The summed E-state index contributed by atoms with van der Waals surface area (Å²) >= 11 is 0. The van der Waals surface area contributed by atoms with Gasteiger partial charge in [0.2, 0.25) is 0 Å². The monoisotopic (exact) mass is 689 g/mol. The molecule has 0 N–H and O–H groups in total. The van der Waals surface area contributed by atoms with Gasteiger partial charge in [-0.15, -0.1) is 0 Å². The van der Waals surface area contributed by atoms with E-state index in [1.54, 1.807) is 24.3 Å². The summed E-state index contributed by atoms with van der Waals surface area (Å²) in [6.45, 7) is 25.9. The van der Waals surface area contributed by atoms with E-state index >= 15 is 8.42 Å². The molecule has 0 fully saturated rings. The van der Waals surface area contributed by atoms with Gasteiger partial charge in [-0.1, -0.05) is 111 Å². The summed E-state index contributed by atoms with van der Waals surface area (Å²) in [4.78, 5) is 0.183. The summed E-state index contributed by atoms with van der Waals surface area (Å²) in [7, 11) is -10.2. The molecular formula is C42H49O3SSi2. The van der Waals surface area contributed by atoms with Crippen LogP contribution in [0.5, 0.6) is 0 Å². The van der Waals surface area contributed by atoms with Crippen LogP contribution < -0.4 is 20.7 Å².